The summed E-state index contributed by atoms with van der Waals surface area (Å²) in [5.41, 5.74) is -0.798. The van der Waals surface area contributed by atoms with Crippen LogP contribution in [0, 0.1) is 0 Å². The number of aromatic amines is 1. The lowest BCUT2D eigenvalue weighted by Gasteiger charge is -2.02. The molecule has 0 saturated heterocycles. The Kier molecular flexibility index (Phi) is 3.68. The Bertz CT molecular complexity index is 949. The zero-order valence-corrected chi connectivity index (χ0v) is 12.2. The van der Waals surface area contributed by atoms with E-state index >= 15 is 0 Å². The predicted molar refractivity (Wildman–Crippen MR) is 83.4 cm³/mol. The Hall–Kier alpha value is -3.35. The third-order valence-electron chi connectivity index (χ3n) is 3.35. The van der Waals surface area contributed by atoms with Gasteiger partial charge in [-0.3, -0.25) is 4.79 Å². The first-order valence-electron chi connectivity index (χ1n) is 6.80. The van der Waals surface area contributed by atoms with E-state index in [0.29, 0.717) is 21.7 Å². The monoisotopic (exact) mass is 311 g/mol. The molecule has 2 aromatic carbocycles. The number of rotatable bonds is 3. The molecule has 7 heteroatoms. The van der Waals surface area contributed by atoms with Crippen molar-refractivity contribution in [3.8, 4) is 11.4 Å². The second-order valence-electron chi connectivity index (χ2n) is 4.74. The van der Waals surface area contributed by atoms with Gasteiger partial charge in [0.05, 0.1) is 12.8 Å². The standard InChI is InChI=1S/C16H13N3O4/c1-23-13-9-7-12(8-10-13)18-15(21)17-19(16(18)22)14(20)11-5-3-2-4-6-11/h2-10H,1H3,(H,17,21). The smallest absolute Gasteiger partial charge is 0.359 e. The van der Waals surface area contributed by atoms with E-state index in [1.807, 2.05) is 0 Å². The van der Waals surface area contributed by atoms with Crippen LogP contribution in [0.5, 0.6) is 5.75 Å². The van der Waals surface area contributed by atoms with E-state index in [0.717, 1.165) is 4.57 Å². The fraction of sp³-hybridized carbons (Fsp3) is 0.0625. The van der Waals surface area contributed by atoms with Crippen molar-refractivity contribution in [2.45, 2.75) is 0 Å². The Morgan fingerprint density at radius 1 is 1.00 bits per heavy atom. The SMILES string of the molecule is COc1ccc(-n2c(=O)[nH]n(C(=O)c3ccccc3)c2=O)cc1. The molecular formula is C16H13N3O4. The Balaban J connectivity index is 2.08. The van der Waals surface area contributed by atoms with Gasteiger partial charge in [0, 0.05) is 5.56 Å². The van der Waals surface area contributed by atoms with E-state index in [2.05, 4.69) is 5.10 Å². The molecule has 7 nitrogen and oxygen atoms in total. The highest BCUT2D eigenvalue weighted by Crippen LogP contribution is 2.12. The third-order valence-corrected chi connectivity index (χ3v) is 3.35. The van der Waals surface area contributed by atoms with Gasteiger partial charge in [0.15, 0.2) is 0 Å². The fourth-order valence-electron chi connectivity index (χ4n) is 2.19. The van der Waals surface area contributed by atoms with E-state index in [1.165, 1.54) is 7.11 Å². The lowest BCUT2D eigenvalue weighted by molar-refractivity contribution is 0.0940. The summed E-state index contributed by atoms with van der Waals surface area (Å²) >= 11 is 0. The van der Waals surface area contributed by atoms with Crippen molar-refractivity contribution in [1.82, 2.24) is 14.3 Å². The number of hydrogen-bond donors (Lipinski definition) is 1. The first-order valence-corrected chi connectivity index (χ1v) is 6.80. The molecule has 0 atom stereocenters. The number of ether oxygens (including phenoxy) is 1. The van der Waals surface area contributed by atoms with Crippen molar-refractivity contribution in [3.63, 3.8) is 0 Å². The maximum Gasteiger partial charge on any atom is 0.359 e. The number of nitrogens with zero attached hydrogens (tertiary/aromatic N) is 2. The number of aromatic nitrogens is 3. The molecule has 1 aromatic heterocycles. The van der Waals surface area contributed by atoms with Gasteiger partial charge in [0.25, 0.3) is 5.91 Å². The summed E-state index contributed by atoms with van der Waals surface area (Å²) in [6.07, 6.45) is 0. The average molecular weight is 311 g/mol. The van der Waals surface area contributed by atoms with E-state index in [1.54, 1.807) is 54.6 Å². The molecule has 116 valence electrons. The van der Waals surface area contributed by atoms with Crippen LogP contribution in [-0.4, -0.2) is 27.4 Å². The number of H-pyrrole nitrogens is 1. The van der Waals surface area contributed by atoms with Crippen LogP contribution in [0.2, 0.25) is 0 Å². The van der Waals surface area contributed by atoms with Gasteiger partial charge in [-0.15, -0.1) is 0 Å². The summed E-state index contributed by atoms with van der Waals surface area (Å²) in [7, 11) is 1.52. The maximum absolute atomic E-state index is 12.4. The highest BCUT2D eigenvalue weighted by molar-refractivity contribution is 5.95. The van der Waals surface area contributed by atoms with Gasteiger partial charge in [0.1, 0.15) is 5.75 Å². The summed E-state index contributed by atoms with van der Waals surface area (Å²) in [6.45, 7) is 0. The Morgan fingerprint density at radius 2 is 1.65 bits per heavy atom. The minimum Gasteiger partial charge on any atom is -0.497 e. The molecule has 0 fully saturated rings. The minimum atomic E-state index is -0.756. The highest BCUT2D eigenvalue weighted by Gasteiger charge is 2.17. The summed E-state index contributed by atoms with van der Waals surface area (Å²) in [5.74, 6) is -0.00187. The van der Waals surface area contributed by atoms with Gasteiger partial charge < -0.3 is 4.74 Å². The second kappa shape index (κ2) is 5.80. The molecule has 0 aliphatic carbocycles. The summed E-state index contributed by atoms with van der Waals surface area (Å²) in [6, 6.07) is 14.6. The fourth-order valence-corrected chi connectivity index (χ4v) is 2.19. The number of hydrogen-bond acceptors (Lipinski definition) is 4. The molecule has 0 spiro atoms. The third kappa shape index (κ3) is 2.59. The molecular weight excluding hydrogens is 298 g/mol. The molecule has 0 aliphatic rings. The van der Waals surface area contributed by atoms with Crippen molar-refractivity contribution in [3.05, 3.63) is 81.1 Å². The van der Waals surface area contributed by atoms with E-state index in [9.17, 15) is 14.4 Å². The predicted octanol–water partition coefficient (Wildman–Crippen LogP) is 1.02. The lowest BCUT2D eigenvalue weighted by atomic mass is 10.2. The number of nitrogens with one attached hydrogen (secondary N) is 1. The van der Waals surface area contributed by atoms with Crippen LogP contribution in [-0.2, 0) is 0 Å². The highest BCUT2D eigenvalue weighted by atomic mass is 16.5. The Morgan fingerprint density at radius 3 is 2.26 bits per heavy atom. The molecule has 0 radical (unpaired) electrons. The lowest BCUT2D eigenvalue weighted by Crippen LogP contribution is -2.30. The molecule has 1 heterocycles. The average Bonchev–Trinajstić information content (AvgIpc) is 2.89. The van der Waals surface area contributed by atoms with Gasteiger partial charge in [-0.2, -0.15) is 4.68 Å². The molecule has 23 heavy (non-hydrogen) atoms. The minimum absolute atomic E-state index is 0.303. The van der Waals surface area contributed by atoms with Gasteiger partial charge in [-0.05, 0) is 36.4 Å². The first-order chi connectivity index (χ1) is 11.1. The second-order valence-corrected chi connectivity index (χ2v) is 4.74. The van der Waals surface area contributed by atoms with Gasteiger partial charge >= 0.3 is 11.4 Å². The van der Waals surface area contributed by atoms with Crippen molar-refractivity contribution < 1.29 is 9.53 Å². The molecule has 3 aromatic rings. The van der Waals surface area contributed by atoms with Crippen molar-refractivity contribution in [2.75, 3.05) is 7.11 Å². The van der Waals surface area contributed by atoms with Crippen LogP contribution in [0.1, 0.15) is 10.4 Å². The van der Waals surface area contributed by atoms with Crippen molar-refractivity contribution in [1.29, 1.82) is 0 Å². The van der Waals surface area contributed by atoms with E-state index in [-0.39, 0.29) is 0 Å². The van der Waals surface area contributed by atoms with Crippen LogP contribution in [0.15, 0.2) is 64.2 Å². The largest absolute Gasteiger partial charge is 0.497 e. The van der Waals surface area contributed by atoms with Crippen molar-refractivity contribution in [2.24, 2.45) is 0 Å². The van der Waals surface area contributed by atoms with Crippen molar-refractivity contribution >= 4 is 5.91 Å². The zero-order valence-electron chi connectivity index (χ0n) is 12.2. The topological polar surface area (TPSA) is 86.1 Å². The first kappa shape index (κ1) is 14.6. The van der Waals surface area contributed by atoms with Crippen LogP contribution >= 0.6 is 0 Å². The van der Waals surface area contributed by atoms with Crippen LogP contribution in [0.25, 0.3) is 5.69 Å². The Labute approximate surface area is 130 Å². The van der Waals surface area contributed by atoms with Crippen LogP contribution in [0.4, 0.5) is 0 Å². The molecule has 3 rings (SSSR count). The summed E-state index contributed by atoms with van der Waals surface area (Å²) < 4.78 is 6.62. The zero-order chi connectivity index (χ0) is 16.4. The molecule has 0 amide bonds. The molecule has 1 N–H and O–H groups in total. The van der Waals surface area contributed by atoms with E-state index in [4.69, 9.17) is 4.74 Å². The van der Waals surface area contributed by atoms with Crippen LogP contribution in [0.3, 0.4) is 0 Å². The molecule has 0 aliphatic heterocycles. The van der Waals surface area contributed by atoms with E-state index < -0.39 is 17.3 Å². The number of methoxy groups -OCH3 is 1. The van der Waals surface area contributed by atoms with Gasteiger partial charge in [-0.1, -0.05) is 18.2 Å². The molecule has 0 bridgehead atoms. The number of benzene rings is 2. The summed E-state index contributed by atoms with van der Waals surface area (Å²) in [5, 5.41) is 2.27. The van der Waals surface area contributed by atoms with Gasteiger partial charge in [0.2, 0.25) is 0 Å². The molecule has 0 unspecified atom stereocenters. The normalized spacial score (nSPS) is 10.5. The number of carbonyl (C=O) groups is 1. The maximum atomic E-state index is 12.4. The number of carbonyl (C=O) groups excluding carboxylic acids is 1. The van der Waals surface area contributed by atoms with Crippen LogP contribution < -0.4 is 16.1 Å². The molecule has 0 saturated carbocycles. The summed E-state index contributed by atoms with van der Waals surface area (Å²) in [4.78, 5) is 36.8. The quantitative estimate of drug-likeness (QED) is 0.782. The van der Waals surface area contributed by atoms with Gasteiger partial charge in [-0.25, -0.2) is 19.3 Å².